The van der Waals surface area contributed by atoms with Crippen molar-refractivity contribution in [3.8, 4) is 0 Å². The summed E-state index contributed by atoms with van der Waals surface area (Å²) in [7, 11) is 0. The molecular weight excluding hydrogens is 300 g/mol. The molecule has 2 saturated heterocycles. The Labute approximate surface area is 133 Å². The van der Waals surface area contributed by atoms with Crippen molar-refractivity contribution in [3.05, 3.63) is 22.4 Å². The molecule has 1 aliphatic carbocycles. The molecule has 1 aromatic rings. The first kappa shape index (κ1) is 14.1. The maximum absolute atomic E-state index is 12.9. The van der Waals surface area contributed by atoms with E-state index in [1.807, 2.05) is 23.3 Å². The molecule has 1 saturated carbocycles. The number of ether oxygens (including phenoxy) is 1. The molecule has 1 spiro atoms. The Balaban J connectivity index is 1.46. The topological polar surface area (TPSA) is 58.6 Å². The minimum absolute atomic E-state index is 0.0180. The van der Waals surface area contributed by atoms with Gasteiger partial charge in [0.2, 0.25) is 5.91 Å². The third-order valence-corrected chi connectivity index (χ3v) is 6.54. The lowest BCUT2D eigenvalue weighted by Gasteiger charge is -2.40. The van der Waals surface area contributed by atoms with Gasteiger partial charge in [0.15, 0.2) is 0 Å². The van der Waals surface area contributed by atoms with E-state index in [0.29, 0.717) is 13.1 Å². The monoisotopic (exact) mass is 320 g/mol. The quantitative estimate of drug-likeness (QED) is 0.909. The van der Waals surface area contributed by atoms with Gasteiger partial charge in [0.05, 0.1) is 11.5 Å². The number of thiophene rings is 1. The summed E-state index contributed by atoms with van der Waals surface area (Å²) < 4.78 is 5.52. The molecule has 0 bridgehead atoms. The number of hydrogen-bond donors (Lipinski definition) is 1. The number of carbonyl (C=O) groups is 2. The Bertz CT molecular complexity index is 601. The molecule has 3 heterocycles. The molecule has 1 unspecified atom stereocenters. The minimum atomic E-state index is -0.423. The zero-order valence-electron chi connectivity index (χ0n) is 12.6. The highest BCUT2D eigenvalue weighted by atomic mass is 32.1. The zero-order chi connectivity index (χ0) is 15.4. The molecule has 1 aromatic heterocycles. The van der Waals surface area contributed by atoms with E-state index in [-0.39, 0.29) is 23.5 Å². The van der Waals surface area contributed by atoms with E-state index in [0.717, 1.165) is 25.7 Å². The van der Waals surface area contributed by atoms with Gasteiger partial charge in [-0.1, -0.05) is 6.07 Å². The first-order chi connectivity index (χ1) is 10.6. The van der Waals surface area contributed by atoms with E-state index < -0.39 is 5.60 Å². The number of rotatable bonds is 2. The second kappa shape index (κ2) is 4.72. The fraction of sp³-hybridized carbons (Fsp3) is 0.625. The van der Waals surface area contributed by atoms with Crippen LogP contribution in [0, 0.1) is 0 Å². The Morgan fingerprint density at radius 2 is 2.09 bits per heavy atom. The fourth-order valence-electron chi connectivity index (χ4n) is 3.78. The van der Waals surface area contributed by atoms with Crippen LogP contribution in [0.4, 0.5) is 4.79 Å². The third-order valence-electron chi connectivity index (χ3n) is 5.47. The van der Waals surface area contributed by atoms with Crippen molar-refractivity contribution in [2.45, 2.75) is 49.7 Å². The SMILES string of the molecule is CC1NC(=O)OC12CCN(C(=O)C1(c3cccs3)CC1)CC2. The van der Waals surface area contributed by atoms with Crippen molar-refractivity contribution in [1.29, 1.82) is 0 Å². The van der Waals surface area contributed by atoms with Gasteiger partial charge in [-0.25, -0.2) is 4.79 Å². The van der Waals surface area contributed by atoms with E-state index >= 15 is 0 Å². The van der Waals surface area contributed by atoms with Crippen LogP contribution in [-0.2, 0) is 14.9 Å². The van der Waals surface area contributed by atoms with Crippen LogP contribution >= 0.6 is 11.3 Å². The average molecular weight is 320 g/mol. The average Bonchev–Trinajstić information content (AvgIpc) is 3.03. The van der Waals surface area contributed by atoms with Crippen molar-refractivity contribution < 1.29 is 14.3 Å². The van der Waals surface area contributed by atoms with E-state index in [4.69, 9.17) is 4.74 Å². The predicted molar refractivity (Wildman–Crippen MR) is 82.9 cm³/mol. The summed E-state index contributed by atoms with van der Waals surface area (Å²) in [6.07, 6.45) is 3.03. The Morgan fingerprint density at radius 3 is 2.59 bits per heavy atom. The first-order valence-corrected chi connectivity index (χ1v) is 8.77. The Morgan fingerprint density at radius 1 is 1.36 bits per heavy atom. The van der Waals surface area contributed by atoms with Crippen molar-refractivity contribution >= 4 is 23.3 Å². The molecule has 2 amide bonds. The van der Waals surface area contributed by atoms with E-state index in [9.17, 15) is 9.59 Å². The summed E-state index contributed by atoms with van der Waals surface area (Å²) in [5.41, 5.74) is -0.678. The van der Waals surface area contributed by atoms with E-state index in [1.54, 1.807) is 11.3 Å². The normalized spacial score (nSPS) is 28.3. The van der Waals surface area contributed by atoms with Crippen LogP contribution in [0.15, 0.2) is 17.5 Å². The van der Waals surface area contributed by atoms with Gasteiger partial charge in [-0.05, 0) is 31.2 Å². The number of nitrogens with zero attached hydrogens (tertiary/aromatic N) is 1. The van der Waals surface area contributed by atoms with Crippen LogP contribution in [-0.4, -0.2) is 41.6 Å². The summed E-state index contributed by atoms with van der Waals surface area (Å²) in [6, 6.07) is 4.11. The van der Waals surface area contributed by atoms with Crippen LogP contribution in [0.2, 0.25) is 0 Å². The first-order valence-electron chi connectivity index (χ1n) is 7.89. The van der Waals surface area contributed by atoms with E-state index in [1.165, 1.54) is 4.88 Å². The van der Waals surface area contributed by atoms with Gasteiger partial charge in [0.1, 0.15) is 5.60 Å². The lowest BCUT2D eigenvalue weighted by molar-refractivity contribution is -0.137. The number of likely N-dealkylation sites (tertiary alicyclic amines) is 1. The maximum atomic E-state index is 12.9. The molecule has 1 N–H and O–H groups in total. The molecule has 0 aromatic carbocycles. The van der Waals surface area contributed by atoms with Gasteiger partial charge in [0, 0.05) is 30.8 Å². The number of alkyl carbamates (subject to hydrolysis) is 1. The zero-order valence-corrected chi connectivity index (χ0v) is 13.4. The van der Waals surface area contributed by atoms with Crippen LogP contribution < -0.4 is 5.32 Å². The van der Waals surface area contributed by atoms with Crippen molar-refractivity contribution in [2.24, 2.45) is 0 Å². The van der Waals surface area contributed by atoms with Crippen LogP contribution in [0.25, 0.3) is 0 Å². The van der Waals surface area contributed by atoms with E-state index in [2.05, 4.69) is 11.4 Å². The lowest BCUT2D eigenvalue weighted by atomic mass is 9.85. The molecule has 2 aliphatic heterocycles. The van der Waals surface area contributed by atoms with Crippen LogP contribution in [0.3, 0.4) is 0 Å². The van der Waals surface area contributed by atoms with Gasteiger partial charge < -0.3 is 15.0 Å². The second-order valence-electron chi connectivity index (χ2n) is 6.67. The highest BCUT2D eigenvalue weighted by Crippen LogP contribution is 2.51. The molecule has 1 atom stereocenters. The number of hydrogen-bond acceptors (Lipinski definition) is 4. The molecule has 22 heavy (non-hydrogen) atoms. The molecular formula is C16H20N2O3S. The summed E-state index contributed by atoms with van der Waals surface area (Å²) in [5.74, 6) is 0.259. The standard InChI is InChI=1S/C16H20N2O3S/c1-11-16(21-14(20)17-11)6-8-18(9-7-16)13(19)15(4-5-15)12-3-2-10-22-12/h2-3,10-11H,4-9H2,1H3,(H,17,20). The van der Waals surface area contributed by atoms with Crippen LogP contribution in [0.5, 0.6) is 0 Å². The number of nitrogens with one attached hydrogen (secondary N) is 1. The summed E-state index contributed by atoms with van der Waals surface area (Å²) in [4.78, 5) is 27.6. The highest BCUT2D eigenvalue weighted by Gasteiger charge is 2.56. The van der Waals surface area contributed by atoms with Gasteiger partial charge in [-0.15, -0.1) is 11.3 Å². The van der Waals surface area contributed by atoms with Crippen molar-refractivity contribution in [1.82, 2.24) is 10.2 Å². The number of amides is 2. The molecule has 3 aliphatic rings. The van der Waals surface area contributed by atoms with Gasteiger partial charge in [0.25, 0.3) is 0 Å². The van der Waals surface area contributed by atoms with Crippen LogP contribution in [0.1, 0.15) is 37.5 Å². The lowest BCUT2D eigenvalue weighted by Crippen LogP contribution is -2.53. The third kappa shape index (κ3) is 1.96. The summed E-state index contributed by atoms with van der Waals surface area (Å²) >= 11 is 1.68. The Kier molecular flexibility index (Phi) is 3.01. The minimum Gasteiger partial charge on any atom is -0.441 e. The molecule has 0 radical (unpaired) electrons. The smallest absolute Gasteiger partial charge is 0.408 e. The molecule has 5 nitrogen and oxygen atoms in total. The molecule has 6 heteroatoms. The molecule has 4 rings (SSSR count). The fourth-order valence-corrected chi connectivity index (χ4v) is 4.76. The predicted octanol–water partition coefficient (Wildman–Crippen LogP) is 2.27. The number of carbonyl (C=O) groups excluding carboxylic acids is 2. The number of piperidine rings is 1. The molecule has 3 fully saturated rings. The highest BCUT2D eigenvalue weighted by molar-refractivity contribution is 7.10. The summed E-state index contributed by atoms with van der Waals surface area (Å²) in [5, 5.41) is 4.86. The van der Waals surface area contributed by atoms with Gasteiger partial charge in [-0.2, -0.15) is 0 Å². The summed E-state index contributed by atoms with van der Waals surface area (Å²) in [6.45, 7) is 3.33. The van der Waals surface area contributed by atoms with Gasteiger partial charge >= 0.3 is 6.09 Å². The largest absolute Gasteiger partial charge is 0.441 e. The van der Waals surface area contributed by atoms with Crippen molar-refractivity contribution in [3.63, 3.8) is 0 Å². The molecule has 118 valence electrons. The Hall–Kier alpha value is -1.56. The maximum Gasteiger partial charge on any atom is 0.408 e. The second-order valence-corrected chi connectivity index (χ2v) is 7.62. The van der Waals surface area contributed by atoms with Gasteiger partial charge in [-0.3, -0.25) is 4.79 Å². The van der Waals surface area contributed by atoms with Crippen molar-refractivity contribution in [2.75, 3.05) is 13.1 Å².